The summed E-state index contributed by atoms with van der Waals surface area (Å²) in [5.74, 6) is -0.0943. The quantitative estimate of drug-likeness (QED) is 0.748. The number of nitrogens with one attached hydrogen (secondary N) is 1. The van der Waals surface area contributed by atoms with Crippen molar-refractivity contribution in [3.63, 3.8) is 0 Å². The maximum atomic E-state index is 12.2. The van der Waals surface area contributed by atoms with Crippen molar-refractivity contribution in [3.8, 4) is 0 Å². The third-order valence-electron chi connectivity index (χ3n) is 2.92. The van der Waals surface area contributed by atoms with E-state index >= 15 is 0 Å². The molecule has 0 aromatic heterocycles. The predicted molar refractivity (Wildman–Crippen MR) is 85.1 cm³/mol. The van der Waals surface area contributed by atoms with Crippen LogP contribution in [0.15, 0.2) is 34.3 Å². The van der Waals surface area contributed by atoms with Gasteiger partial charge >= 0.3 is 0 Å². The molecule has 8 heteroatoms. The number of guanidine groups is 2. The first kappa shape index (κ1) is 16.8. The molecule has 0 atom stereocenters. The number of aryl methyl sites for hydroxylation is 1. The SMILES string of the molecule is Cc1ccc(C(=O)NN2C(N)=NC(N)=NC2(C)C)cc1.Cl. The molecule has 114 valence electrons. The van der Waals surface area contributed by atoms with E-state index in [2.05, 4.69) is 15.4 Å². The first-order valence-corrected chi connectivity index (χ1v) is 6.17. The fraction of sp³-hybridized carbons (Fsp3) is 0.308. The zero-order valence-corrected chi connectivity index (χ0v) is 12.9. The lowest BCUT2D eigenvalue weighted by Crippen LogP contribution is -2.61. The van der Waals surface area contributed by atoms with Gasteiger partial charge in [-0.15, -0.1) is 12.4 Å². The number of amides is 1. The van der Waals surface area contributed by atoms with Gasteiger partial charge in [-0.1, -0.05) is 17.7 Å². The first-order valence-electron chi connectivity index (χ1n) is 6.17. The van der Waals surface area contributed by atoms with Crippen LogP contribution in [-0.4, -0.2) is 28.5 Å². The van der Waals surface area contributed by atoms with E-state index in [0.29, 0.717) is 5.56 Å². The van der Waals surface area contributed by atoms with Gasteiger partial charge in [0.2, 0.25) is 11.9 Å². The lowest BCUT2D eigenvalue weighted by molar-refractivity contribution is 0.0752. The average molecular weight is 311 g/mol. The van der Waals surface area contributed by atoms with Crippen LogP contribution in [0.2, 0.25) is 0 Å². The monoisotopic (exact) mass is 310 g/mol. The van der Waals surface area contributed by atoms with Gasteiger partial charge in [-0.3, -0.25) is 10.2 Å². The van der Waals surface area contributed by atoms with Gasteiger partial charge in [0, 0.05) is 5.56 Å². The molecule has 0 unspecified atom stereocenters. The molecule has 5 N–H and O–H groups in total. The first-order chi connectivity index (χ1) is 9.29. The number of hydrogen-bond acceptors (Lipinski definition) is 6. The predicted octanol–water partition coefficient (Wildman–Crippen LogP) is 0.743. The number of nitrogens with zero attached hydrogens (tertiary/aromatic N) is 3. The smallest absolute Gasteiger partial charge is 0.269 e. The minimum atomic E-state index is -0.795. The Morgan fingerprint density at radius 1 is 1.24 bits per heavy atom. The molecule has 0 aliphatic carbocycles. The van der Waals surface area contributed by atoms with Crippen LogP contribution < -0.4 is 16.9 Å². The summed E-state index contributed by atoms with van der Waals surface area (Å²) in [4.78, 5) is 20.2. The number of carbonyl (C=O) groups is 1. The number of carbonyl (C=O) groups excluding carboxylic acids is 1. The van der Waals surface area contributed by atoms with E-state index in [9.17, 15) is 4.79 Å². The second-order valence-corrected chi connectivity index (χ2v) is 5.08. The molecule has 0 fully saturated rings. The van der Waals surface area contributed by atoms with Crippen molar-refractivity contribution in [2.75, 3.05) is 0 Å². The van der Waals surface area contributed by atoms with Gasteiger partial charge in [-0.05, 0) is 32.9 Å². The molecule has 0 bridgehead atoms. The number of nitrogens with two attached hydrogens (primary N) is 2. The Morgan fingerprint density at radius 3 is 2.33 bits per heavy atom. The molecule has 1 amide bonds. The highest BCUT2D eigenvalue weighted by molar-refractivity contribution is 5.99. The van der Waals surface area contributed by atoms with Gasteiger partial charge in [-0.2, -0.15) is 4.99 Å². The summed E-state index contributed by atoms with van der Waals surface area (Å²) < 4.78 is 0. The molecular formula is C13H19ClN6O. The van der Waals surface area contributed by atoms with Crippen molar-refractivity contribution in [1.29, 1.82) is 0 Å². The van der Waals surface area contributed by atoms with Gasteiger partial charge in [0.15, 0.2) is 5.66 Å². The van der Waals surface area contributed by atoms with Crippen LogP contribution in [0.4, 0.5) is 0 Å². The van der Waals surface area contributed by atoms with E-state index in [1.807, 2.05) is 19.1 Å². The summed E-state index contributed by atoms with van der Waals surface area (Å²) in [6.07, 6.45) is 0. The molecule has 1 aromatic rings. The van der Waals surface area contributed by atoms with E-state index in [1.54, 1.807) is 26.0 Å². The van der Waals surface area contributed by atoms with Crippen LogP contribution in [0.25, 0.3) is 0 Å². The van der Waals surface area contributed by atoms with E-state index in [4.69, 9.17) is 11.5 Å². The Morgan fingerprint density at radius 2 is 1.81 bits per heavy atom. The highest BCUT2D eigenvalue weighted by atomic mass is 35.5. The highest BCUT2D eigenvalue weighted by Gasteiger charge is 2.33. The summed E-state index contributed by atoms with van der Waals surface area (Å²) >= 11 is 0. The minimum Gasteiger partial charge on any atom is -0.368 e. The topological polar surface area (TPSA) is 109 Å². The van der Waals surface area contributed by atoms with Crippen LogP contribution in [0.3, 0.4) is 0 Å². The number of halogens is 1. The minimum absolute atomic E-state index is 0. The van der Waals surface area contributed by atoms with Gasteiger partial charge in [0.25, 0.3) is 5.91 Å². The molecule has 1 aliphatic rings. The van der Waals surface area contributed by atoms with Gasteiger partial charge in [-0.25, -0.2) is 10.0 Å². The summed E-state index contributed by atoms with van der Waals surface area (Å²) in [7, 11) is 0. The van der Waals surface area contributed by atoms with Gasteiger partial charge in [0.1, 0.15) is 0 Å². The van der Waals surface area contributed by atoms with Crippen molar-refractivity contribution in [2.24, 2.45) is 21.5 Å². The Balaban J connectivity index is 0.00000220. The Kier molecular flexibility index (Phi) is 4.80. The number of aliphatic imine (C=N–C) groups is 2. The summed E-state index contributed by atoms with van der Waals surface area (Å²) in [6, 6.07) is 7.22. The van der Waals surface area contributed by atoms with Crippen LogP contribution >= 0.6 is 12.4 Å². The summed E-state index contributed by atoms with van der Waals surface area (Å²) in [5.41, 5.74) is 14.9. The standard InChI is InChI=1S/C13H18N6O.ClH/c1-8-4-6-9(7-5-8)10(20)18-19-12(15)16-11(14)17-13(19,2)3;/h4-7H,1-3H3,(H,18,20)(H4,14,15,16,17);1H. The average Bonchev–Trinajstić information content (AvgIpc) is 2.33. The fourth-order valence-corrected chi connectivity index (χ4v) is 1.87. The van der Waals surface area contributed by atoms with Crippen molar-refractivity contribution in [1.82, 2.24) is 10.4 Å². The summed E-state index contributed by atoms with van der Waals surface area (Å²) in [6.45, 7) is 5.51. The highest BCUT2D eigenvalue weighted by Crippen LogP contribution is 2.17. The Bertz CT molecular complexity index is 593. The lowest BCUT2D eigenvalue weighted by atomic mass is 10.1. The second kappa shape index (κ2) is 6.01. The molecule has 0 spiro atoms. The van der Waals surface area contributed by atoms with Crippen molar-refractivity contribution < 1.29 is 4.79 Å². The van der Waals surface area contributed by atoms with Crippen molar-refractivity contribution in [3.05, 3.63) is 35.4 Å². The molecule has 0 saturated heterocycles. The maximum absolute atomic E-state index is 12.2. The van der Waals surface area contributed by atoms with Crippen LogP contribution in [0.1, 0.15) is 29.8 Å². The Labute approximate surface area is 129 Å². The van der Waals surface area contributed by atoms with E-state index in [1.165, 1.54) is 5.01 Å². The molecule has 21 heavy (non-hydrogen) atoms. The van der Waals surface area contributed by atoms with Crippen LogP contribution in [0.5, 0.6) is 0 Å². The molecule has 1 heterocycles. The van der Waals surface area contributed by atoms with Crippen molar-refractivity contribution in [2.45, 2.75) is 26.4 Å². The lowest BCUT2D eigenvalue weighted by Gasteiger charge is -2.37. The van der Waals surface area contributed by atoms with Gasteiger partial charge in [0.05, 0.1) is 0 Å². The maximum Gasteiger partial charge on any atom is 0.269 e. The van der Waals surface area contributed by atoms with Crippen LogP contribution in [-0.2, 0) is 0 Å². The number of hydrogen-bond donors (Lipinski definition) is 3. The second-order valence-electron chi connectivity index (χ2n) is 5.08. The molecule has 0 radical (unpaired) electrons. The third-order valence-corrected chi connectivity index (χ3v) is 2.92. The zero-order valence-electron chi connectivity index (χ0n) is 12.1. The molecular weight excluding hydrogens is 292 g/mol. The van der Waals surface area contributed by atoms with Crippen molar-refractivity contribution >= 4 is 30.2 Å². The molecule has 1 aromatic carbocycles. The fourth-order valence-electron chi connectivity index (χ4n) is 1.87. The normalized spacial score (nSPS) is 16.4. The molecule has 2 rings (SSSR count). The summed E-state index contributed by atoms with van der Waals surface area (Å²) in [5, 5.41) is 1.39. The largest absolute Gasteiger partial charge is 0.368 e. The van der Waals surface area contributed by atoms with E-state index < -0.39 is 5.66 Å². The number of rotatable bonds is 2. The number of benzene rings is 1. The van der Waals surface area contributed by atoms with E-state index in [0.717, 1.165) is 5.56 Å². The molecule has 1 aliphatic heterocycles. The number of hydrazine groups is 1. The van der Waals surface area contributed by atoms with Gasteiger partial charge < -0.3 is 11.5 Å². The Hall–Kier alpha value is -2.28. The molecule has 7 nitrogen and oxygen atoms in total. The third kappa shape index (κ3) is 3.63. The molecule has 0 saturated carbocycles. The van der Waals surface area contributed by atoms with Crippen LogP contribution in [0, 0.1) is 6.92 Å². The van der Waals surface area contributed by atoms with E-state index in [-0.39, 0.29) is 30.2 Å². The zero-order chi connectivity index (χ0) is 14.9.